The van der Waals surface area contributed by atoms with Gasteiger partial charge in [0, 0.05) is 18.4 Å². The zero-order valence-corrected chi connectivity index (χ0v) is 11.6. The summed E-state index contributed by atoms with van der Waals surface area (Å²) in [6.45, 7) is 0.677. The smallest absolute Gasteiger partial charge is 0.274 e. The average Bonchev–Trinajstić information content (AvgIpc) is 3.15. The van der Waals surface area contributed by atoms with Crippen molar-refractivity contribution in [3.8, 4) is 5.69 Å². The molecule has 1 fully saturated rings. The van der Waals surface area contributed by atoms with Gasteiger partial charge >= 0.3 is 0 Å². The Bertz CT molecular complexity index is 653. The number of hydrogen-bond acceptors (Lipinski definition) is 4. The Morgan fingerprint density at radius 1 is 1.43 bits per heavy atom. The number of nitrogens with two attached hydrogens (primary N) is 1. The van der Waals surface area contributed by atoms with E-state index < -0.39 is 0 Å². The molecule has 0 spiro atoms. The summed E-state index contributed by atoms with van der Waals surface area (Å²) >= 11 is 0. The number of carbonyl (C=O) groups excluding carboxylic acids is 1. The molecule has 2 heterocycles. The van der Waals surface area contributed by atoms with Crippen molar-refractivity contribution in [3.05, 3.63) is 42.2 Å². The number of likely N-dealkylation sites (tertiary alicyclic amines) is 1. The van der Waals surface area contributed by atoms with E-state index in [1.54, 1.807) is 34.0 Å². The van der Waals surface area contributed by atoms with Crippen LogP contribution in [0.5, 0.6) is 0 Å². The zero-order chi connectivity index (χ0) is 14.8. The van der Waals surface area contributed by atoms with Gasteiger partial charge in [0.15, 0.2) is 5.69 Å². The molecule has 0 saturated carbocycles. The van der Waals surface area contributed by atoms with Crippen LogP contribution in [0.25, 0.3) is 5.69 Å². The van der Waals surface area contributed by atoms with Crippen molar-refractivity contribution in [2.75, 3.05) is 18.9 Å². The quantitative estimate of drug-likeness (QED) is 0.826. The van der Waals surface area contributed by atoms with Crippen LogP contribution in [0.1, 0.15) is 23.3 Å². The third-order valence-electron chi connectivity index (χ3n) is 3.79. The van der Waals surface area contributed by atoms with Gasteiger partial charge in [0.25, 0.3) is 5.91 Å². The molecule has 1 saturated heterocycles. The number of benzene rings is 1. The highest BCUT2D eigenvalue weighted by molar-refractivity contribution is 5.92. The van der Waals surface area contributed by atoms with E-state index in [0.29, 0.717) is 17.9 Å². The fourth-order valence-corrected chi connectivity index (χ4v) is 2.69. The van der Waals surface area contributed by atoms with Crippen LogP contribution in [0.3, 0.4) is 0 Å². The molecule has 0 unspecified atom stereocenters. The molecule has 1 amide bonds. The second-order valence-corrected chi connectivity index (χ2v) is 5.22. The molecule has 1 aromatic carbocycles. The summed E-state index contributed by atoms with van der Waals surface area (Å²) in [7, 11) is 0. The lowest BCUT2D eigenvalue weighted by molar-refractivity contribution is 0.0671. The summed E-state index contributed by atoms with van der Waals surface area (Å²) in [5.41, 5.74) is 7.60. The first kappa shape index (κ1) is 13.6. The molecule has 0 radical (unpaired) electrons. The predicted octanol–water partition coefficient (Wildman–Crippen LogP) is 1.05. The van der Waals surface area contributed by atoms with E-state index in [1.165, 1.54) is 0 Å². The number of nitrogens with zero attached hydrogens (tertiary/aromatic N) is 3. The van der Waals surface area contributed by atoms with E-state index in [2.05, 4.69) is 5.10 Å². The SMILES string of the molecule is Nc1cccc(-n2ccc(C(=O)N3CCC[C@H]3CO)n2)c1. The summed E-state index contributed by atoms with van der Waals surface area (Å²) in [6.07, 6.45) is 3.51. The van der Waals surface area contributed by atoms with E-state index in [0.717, 1.165) is 18.5 Å². The Hall–Kier alpha value is -2.34. The highest BCUT2D eigenvalue weighted by Gasteiger charge is 2.29. The van der Waals surface area contributed by atoms with Crippen LogP contribution >= 0.6 is 0 Å². The second kappa shape index (κ2) is 5.57. The summed E-state index contributed by atoms with van der Waals surface area (Å²) in [6, 6.07) is 8.93. The van der Waals surface area contributed by atoms with Crippen LogP contribution in [-0.2, 0) is 0 Å². The van der Waals surface area contributed by atoms with Gasteiger partial charge in [0.1, 0.15) is 0 Å². The van der Waals surface area contributed by atoms with Crippen LogP contribution in [0, 0.1) is 0 Å². The van der Waals surface area contributed by atoms with Crippen molar-refractivity contribution in [1.29, 1.82) is 0 Å². The normalized spacial score (nSPS) is 18.1. The Balaban J connectivity index is 1.83. The number of nitrogen functional groups attached to an aromatic ring is 1. The second-order valence-electron chi connectivity index (χ2n) is 5.22. The van der Waals surface area contributed by atoms with Crippen molar-refractivity contribution in [2.24, 2.45) is 0 Å². The van der Waals surface area contributed by atoms with Crippen molar-refractivity contribution < 1.29 is 9.90 Å². The van der Waals surface area contributed by atoms with E-state index in [-0.39, 0.29) is 18.6 Å². The lowest BCUT2D eigenvalue weighted by atomic mass is 10.2. The minimum atomic E-state index is -0.130. The largest absolute Gasteiger partial charge is 0.399 e. The molecule has 110 valence electrons. The van der Waals surface area contributed by atoms with Crippen LogP contribution < -0.4 is 5.73 Å². The van der Waals surface area contributed by atoms with Gasteiger partial charge < -0.3 is 15.7 Å². The van der Waals surface area contributed by atoms with Gasteiger partial charge in [0.05, 0.1) is 18.3 Å². The van der Waals surface area contributed by atoms with Crippen LogP contribution in [0.4, 0.5) is 5.69 Å². The first-order chi connectivity index (χ1) is 10.2. The molecule has 2 aromatic rings. The van der Waals surface area contributed by atoms with Gasteiger partial charge in [-0.15, -0.1) is 0 Å². The molecule has 3 N–H and O–H groups in total. The van der Waals surface area contributed by atoms with Crippen molar-refractivity contribution in [2.45, 2.75) is 18.9 Å². The average molecular weight is 286 g/mol. The lowest BCUT2D eigenvalue weighted by Gasteiger charge is -2.21. The topological polar surface area (TPSA) is 84.4 Å². The van der Waals surface area contributed by atoms with Crippen molar-refractivity contribution in [1.82, 2.24) is 14.7 Å². The first-order valence-electron chi connectivity index (χ1n) is 7.02. The zero-order valence-electron chi connectivity index (χ0n) is 11.6. The number of carbonyl (C=O) groups is 1. The summed E-state index contributed by atoms with van der Waals surface area (Å²) in [5, 5.41) is 13.6. The fourth-order valence-electron chi connectivity index (χ4n) is 2.69. The first-order valence-corrected chi connectivity index (χ1v) is 7.02. The Morgan fingerprint density at radius 3 is 3.05 bits per heavy atom. The van der Waals surface area contributed by atoms with Crippen molar-refractivity contribution >= 4 is 11.6 Å². The number of aliphatic hydroxyl groups excluding tert-OH is 1. The highest BCUT2D eigenvalue weighted by atomic mass is 16.3. The van der Waals surface area contributed by atoms with Crippen LogP contribution in [-0.4, -0.2) is 44.9 Å². The summed E-state index contributed by atoms with van der Waals surface area (Å²) in [5.74, 6) is -0.130. The number of anilines is 1. The molecule has 6 nitrogen and oxygen atoms in total. The maximum atomic E-state index is 12.4. The molecule has 1 aliphatic rings. The number of aromatic nitrogens is 2. The van der Waals surface area contributed by atoms with Gasteiger partial charge in [-0.2, -0.15) is 5.10 Å². The van der Waals surface area contributed by atoms with Crippen LogP contribution in [0.15, 0.2) is 36.5 Å². The molecular formula is C15H18N4O2. The minimum absolute atomic E-state index is 0.00165. The molecular weight excluding hydrogens is 268 g/mol. The fraction of sp³-hybridized carbons (Fsp3) is 0.333. The number of hydrogen-bond donors (Lipinski definition) is 2. The molecule has 1 aliphatic heterocycles. The highest BCUT2D eigenvalue weighted by Crippen LogP contribution is 2.19. The van der Waals surface area contributed by atoms with E-state index in [1.807, 2.05) is 12.1 Å². The molecule has 0 bridgehead atoms. The summed E-state index contributed by atoms with van der Waals surface area (Å²) < 4.78 is 1.63. The Labute approximate surface area is 122 Å². The van der Waals surface area contributed by atoms with Crippen molar-refractivity contribution in [3.63, 3.8) is 0 Å². The van der Waals surface area contributed by atoms with Crippen LogP contribution in [0.2, 0.25) is 0 Å². The van der Waals surface area contributed by atoms with Gasteiger partial charge in [0.2, 0.25) is 0 Å². The molecule has 6 heteroatoms. The number of amides is 1. The molecule has 1 atom stereocenters. The Kier molecular flexibility index (Phi) is 3.62. The molecule has 0 aliphatic carbocycles. The number of aliphatic hydroxyl groups is 1. The van der Waals surface area contributed by atoms with E-state index in [9.17, 15) is 9.90 Å². The molecule has 1 aromatic heterocycles. The third-order valence-corrected chi connectivity index (χ3v) is 3.79. The minimum Gasteiger partial charge on any atom is -0.399 e. The standard InChI is InChI=1S/C15H18N4O2/c16-11-3-1-4-12(9-11)19-8-6-14(17-19)15(21)18-7-2-5-13(18)10-20/h1,3-4,6,8-9,13,20H,2,5,7,10,16H2/t13-/m0/s1. The predicted molar refractivity (Wildman–Crippen MR) is 79.1 cm³/mol. The monoisotopic (exact) mass is 286 g/mol. The van der Waals surface area contributed by atoms with E-state index in [4.69, 9.17) is 5.73 Å². The molecule has 3 rings (SSSR count). The lowest BCUT2D eigenvalue weighted by Crippen LogP contribution is -2.37. The molecule has 21 heavy (non-hydrogen) atoms. The number of rotatable bonds is 3. The Morgan fingerprint density at radius 2 is 2.29 bits per heavy atom. The van der Waals surface area contributed by atoms with Gasteiger partial charge in [-0.05, 0) is 37.1 Å². The van der Waals surface area contributed by atoms with Gasteiger partial charge in [-0.3, -0.25) is 4.79 Å². The van der Waals surface area contributed by atoms with Gasteiger partial charge in [-0.25, -0.2) is 4.68 Å². The maximum Gasteiger partial charge on any atom is 0.274 e. The van der Waals surface area contributed by atoms with Gasteiger partial charge in [-0.1, -0.05) is 6.07 Å². The van der Waals surface area contributed by atoms with E-state index >= 15 is 0 Å². The third kappa shape index (κ3) is 2.62. The summed E-state index contributed by atoms with van der Waals surface area (Å²) in [4.78, 5) is 14.1. The maximum absolute atomic E-state index is 12.4.